The van der Waals surface area contributed by atoms with Crippen molar-refractivity contribution in [3.63, 3.8) is 0 Å². The summed E-state index contributed by atoms with van der Waals surface area (Å²) >= 11 is 0. The second kappa shape index (κ2) is 6.17. The Labute approximate surface area is 113 Å². The van der Waals surface area contributed by atoms with E-state index in [0.717, 1.165) is 24.8 Å². The predicted molar refractivity (Wildman–Crippen MR) is 71.1 cm³/mol. The summed E-state index contributed by atoms with van der Waals surface area (Å²) in [5, 5.41) is 8.88. The van der Waals surface area contributed by atoms with Crippen molar-refractivity contribution in [2.24, 2.45) is 0 Å². The summed E-state index contributed by atoms with van der Waals surface area (Å²) in [5.74, 6) is -0.921. The highest BCUT2D eigenvalue weighted by Gasteiger charge is 2.29. The van der Waals surface area contributed by atoms with Gasteiger partial charge in [0.15, 0.2) is 6.29 Å². The van der Waals surface area contributed by atoms with Gasteiger partial charge in [0.05, 0.1) is 17.8 Å². The summed E-state index contributed by atoms with van der Waals surface area (Å²) in [4.78, 5) is 10.8. The van der Waals surface area contributed by atoms with Gasteiger partial charge in [-0.1, -0.05) is 26.0 Å². The second-order valence-electron chi connectivity index (χ2n) is 4.83. The smallest absolute Gasteiger partial charge is 0.335 e. The predicted octanol–water partition coefficient (Wildman–Crippen LogP) is 3.38. The van der Waals surface area contributed by atoms with E-state index in [2.05, 4.69) is 13.8 Å². The van der Waals surface area contributed by atoms with Crippen LogP contribution in [-0.4, -0.2) is 23.3 Å². The molecule has 0 bridgehead atoms. The van der Waals surface area contributed by atoms with Gasteiger partial charge < -0.3 is 14.6 Å². The Kier molecular flexibility index (Phi) is 4.56. The van der Waals surface area contributed by atoms with E-state index in [-0.39, 0.29) is 24.1 Å². The Morgan fingerprint density at radius 2 is 1.68 bits per heavy atom. The maximum absolute atomic E-state index is 10.8. The molecule has 1 aliphatic heterocycles. The maximum atomic E-state index is 10.8. The van der Waals surface area contributed by atoms with Gasteiger partial charge in [-0.25, -0.2) is 4.79 Å². The van der Waals surface area contributed by atoms with E-state index in [1.54, 1.807) is 24.3 Å². The van der Waals surface area contributed by atoms with Gasteiger partial charge in [0, 0.05) is 12.0 Å². The lowest BCUT2D eigenvalue weighted by Gasteiger charge is -2.35. The number of rotatable bonds is 4. The molecule has 104 valence electrons. The third-order valence-corrected chi connectivity index (χ3v) is 3.50. The number of benzene rings is 1. The van der Waals surface area contributed by atoms with E-state index in [4.69, 9.17) is 14.6 Å². The van der Waals surface area contributed by atoms with Crippen molar-refractivity contribution in [1.82, 2.24) is 0 Å². The van der Waals surface area contributed by atoms with Crippen LogP contribution in [0.2, 0.25) is 0 Å². The first kappa shape index (κ1) is 14.0. The van der Waals surface area contributed by atoms with Crippen molar-refractivity contribution in [3.8, 4) is 0 Å². The van der Waals surface area contributed by atoms with E-state index in [9.17, 15) is 4.79 Å². The van der Waals surface area contributed by atoms with E-state index in [0.29, 0.717) is 0 Å². The molecule has 1 aromatic carbocycles. The molecule has 0 radical (unpaired) electrons. The molecular formula is C15H20O4. The van der Waals surface area contributed by atoms with Crippen LogP contribution in [0.25, 0.3) is 0 Å². The normalized spacial score (nSPS) is 27.2. The van der Waals surface area contributed by atoms with Gasteiger partial charge in [0.25, 0.3) is 0 Å². The number of carboxylic acid groups (broad SMARTS) is 1. The maximum Gasteiger partial charge on any atom is 0.335 e. The third kappa shape index (κ3) is 3.33. The molecule has 4 nitrogen and oxygen atoms in total. The van der Waals surface area contributed by atoms with Crippen LogP contribution in [-0.2, 0) is 9.47 Å². The number of carboxylic acids is 1. The molecule has 2 rings (SSSR count). The van der Waals surface area contributed by atoms with Crippen LogP contribution >= 0.6 is 0 Å². The first-order valence-corrected chi connectivity index (χ1v) is 6.78. The molecule has 4 heteroatoms. The molecule has 0 aromatic heterocycles. The molecule has 1 N–H and O–H groups in total. The lowest BCUT2D eigenvalue weighted by molar-refractivity contribution is -0.248. The van der Waals surface area contributed by atoms with Crippen LogP contribution < -0.4 is 0 Å². The van der Waals surface area contributed by atoms with Crippen molar-refractivity contribution < 1.29 is 19.4 Å². The van der Waals surface area contributed by atoms with Gasteiger partial charge in [-0.15, -0.1) is 0 Å². The average molecular weight is 264 g/mol. The van der Waals surface area contributed by atoms with Gasteiger partial charge in [0.2, 0.25) is 0 Å². The highest BCUT2D eigenvalue weighted by atomic mass is 16.7. The van der Waals surface area contributed by atoms with E-state index in [1.165, 1.54) is 0 Å². The van der Waals surface area contributed by atoms with E-state index >= 15 is 0 Å². The molecule has 1 heterocycles. The fourth-order valence-corrected chi connectivity index (χ4v) is 2.25. The monoisotopic (exact) mass is 264 g/mol. The molecular weight excluding hydrogens is 244 g/mol. The number of hydrogen-bond donors (Lipinski definition) is 1. The van der Waals surface area contributed by atoms with Crippen LogP contribution in [0.3, 0.4) is 0 Å². The van der Waals surface area contributed by atoms with Crippen LogP contribution in [0.15, 0.2) is 24.3 Å². The lowest BCUT2D eigenvalue weighted by Crippen LogP contribution is -2.33. The number of ether oxygens (including phenoxy) is 2. The standard InChI is InChI=1S/C15H20O4/c1-3-12-9-13(4-2)19-15(18-12)11-7-5-10(6-8-11)14(16)17/h5-8,12-13,15H,3-4,9H2,1-2H3,(H,16,17). The van der Waals surface area contributed by atoms with Crippen molar-refractivity contribution in [3.05, 3.63) is 35.4 Å². The molecule has 19 heavy (non-hydrogen) atoms. The van der Waals surface area contributed by atoms with E-state index < -0.39 is 5.97 Å². The van der Waals surface area contributed by atoms with Gasteiger partial charge in [-0.2, -0.15) is 0 Å². The van der Waals surface area contributed by atoms with Crippen LogP contribution in [0.1, 0.15) is 55.3 Å². The van der Waals surface area contributed by atoms with Crippen molar-refractivity contribution in [2.75, 3.05) is 0 Å². The molecule has 0 saturated carbocycles. The number of aromatic carboxylic acids is 1. The Morgan fingerprint density at radius 1 is 1.16 bits per heavy atom. The van der Waals surface area contributed by atoms with Gasteiger partial charge >= 0.3 is 5.97 Å². The number of carbonyl (C=O) groups is 1. The average Bonchev–Trinajstić information content (AvgIpc) is 2.46. The van der Waals surface area contributed by atoms with Crippen molar-refractivity contribution in [2.45, 2.75) is 51.6 Å². The van der Waals surface area contributed by atoms with Gasteiger partial charge in [0.1, 0.15) is 0 Å². The summed E-state index contributed by atoms with van der Waals surface area (Å²) < 4.78 is 11.8. The minimum absolute atomic E-state index is 0.211. The highest BCUT2D eigenvalue weighted by molar-refractivity contribution is 5.87. The lowest BCUT2D eigenvalue weighted by atomic mass is 10.0. The van der Waals surface area contributed by atoms with Gasteiger partial charge in [-0.05, 0) is 25.0 Å². The molecule has 1 aromatic rings. The topological polar surface area (TPSA) is 55.8 Å². The van der Waals surface area contributed by atoms with Crippen molar-refractivity contribution >= 4 is 5.97 Å². The SMILES string of the molecule is CCC1CC(CC)OC(c2ccc(C(=O)O)cc2)O1. The zero-order chi connectivity index (χ0) is 13.8. The van der Waals surface area contributed by atoms with Crippen LogP contribution in [0, 0.1) is 0 Å². The molecule has 1 aliphatic rings. The Balaban J connectivity index is 2.13. The molecule has 0 amide bonds. The Hall–Kier alpha value is -1.39. The summed E-state index contributed by atoms with van der Waals surface area (Å²) in [6.45, 7) is 4.21. The molecule has 0 aliphatic carbocycles. The molecule has 2 unspecified atom stereocenters. The first-order valence-electron chi connectivity index (χ1n) is 6.78. The molecule has 1 fully saturated rings. The fourth-order valence-electron chi connectivity index (χ4n) is 2.25. The largest absolute Gasteiger partial charge is 0.478 e. The first-order chi connectivity index (χ1) is 9.13. The third-order valence-electron chi connectivity index (χ3n) is 3.50. The minimum atomic E-state index is -0.921. The Morgan fingerprint density at radius 3 is 2.11 bits per heavy atom. The summed E-state index contributed by atoms with van der Waals surface area (Å²) in [6, 6.07) is 6.69. The summed E-state index contributed by atoms with van der Waals surface area (Å²) in [6.07, 6.45) is 2.89. The quantitative estimate of drug-likeness (QED) is 0.905. The zero-order valence-corrected chi connectivity index (χ0v) is 11.3. The summed E-state index contributed by atoms with van der Waals surface area (Å²) in [5.41, 5.74) is 1.15. The Bertz CT molecular complexity index is 414. The highest BCUT2D eigenvalue weighted by Crippen LogP contribution is 2.32. The van der Waals surface area contributed by atoms with Gasteiger partial charge in [-0.3, -0.25) is 0 Å². The van der Waals surface area contributed by atoms with Crippen LogP contribution in [0.5, 0.6) is 0 Å². The zero-order valence-electron chi connectivity index (χ0n) is 11.3. The fraction of sp³-hybridized carbons (Fsp3) is 0.533. The van der Waals surface area contributed by atoms with Crippen molar-refractivity contribution in [1.29, 1.82) is 0 Å². The van der Waals surface area contributed by atoms with E-state index in [1.807, 2.05) is 0 Å². The van der Waals surface area contributed by atoms with Crippen LogP contribution in [0.4, 0.5) is 0 Å². The summed E-state index contributed by atoms with van der Waals surface area (Å²) in [7, 11) is 0. The molecule has 0 spiro atoms. The molecule has 2 atom stereocenters. The molecule has 1 saturated heterocycles. The number of hydrogen-bond acceptors (Lipinski definition) is 3. The second-order valence-corrected chi connectivity index (χ2v) is 4.83. The minimum Gasteiger partial charge on any atom is -0.478 e.